The van der Waals surface area contributed by atoms with E-state index < -0.39 is 0 Å². The van der Waals surface area contributed by atoms with Gasteiger partial charge in [-0.3, -0.25) is 0 Å². The van der Waals surface area contributed by atoms with Crippen molar-refractivity contribution in [3.05, 3.63) is 48.6 Å². The van der Waals surface area contributed by atoms with Gasteiger partial charge in [-0.25, -0.2) is 0 Å². The highest BCUT2D eigenvalue weighted by Gasteiger charge is 1.93. The lowest BCUT2D eigenvalue weighted by Crippen LogP contribution is -1.81. The van der Waals surface area contributed by atoms with Gasteiger partial charge in [-0.1, -0.05) is 59.0 Å². The molecule has 14 heavy (non-hydrogen) atoms. The number of hydrogen-bond donors (Lipinski definition) is 0. The fourth-order valence-electron chi connectivity index (χ4n) is 0.802. The third-order valence-electron chi connectivity index (χ3n) is 1.38. The fraction of sp³-hybridized carbons (Fsp3) is 0.333. The monoisotopic (exact) mass is 226 g/mol. The molecule has 0 radical (unpaired) electrons. The van der Waals surface area contributed by atoms with Crippen molar-refractivity contribution in [1.82, 2.24) is 0 Å². The van der Waals surface area contributed by atoms with Crippen molar-refractivity contribution in [3.63, 3.8) is 0 Å². The highest BCUT2D eigenvalue weighted by Crippen LogP contribution is 2.25. The lowest BCUT2D eigenvalue weighted by molar-refractivity contribution is 1.55. The second-order valence-corrected chi connectivity index (χ2v) is 5.30. The van der Waals surface area contributed by atoms with E-state index in [1.54, 1.807) is 0 Å². The van der Waals surface area contributed by atoms with Gasteiger partial charge in [0.1, 0.15) is 0 Å². The van der Waals surface area contributed by atoms with Crippen molar-refractivity contribution in [3.8, 4) is 0 Å². The number of rotatable bonds is 7. The minimum atomic E-state index is 0.984. The molecule has 0 saturated carbocycles. The third kappa shape index (κ3) is 8.27. The molecule has 0 aliphatic rings. The zero-order valence-corrected chi connectivity index (χ0v) is 10.6. The highest BCUT2D eigenvalue weighted by molar-refractivity contribution is 8.76. The molecule has 0 N–H and O–H groups in total. The van der Waals surface area contributed by atoms with Crippen LogP contribution >= 0.6 is 21.6 Å². The summed E-state index contributed by atoms with van der Waals surface area (Å²) in [6, 6.07) is 0. The minimum absolute atomic E-state index is 0.984. The Labute approximate surface area is 95.6 Å². The van der Waals surface area contributed by atoms with E-state index in [-0.39, 0.29) is 0 Å². The van der Waals surface area contributed by atoms with Gasteiger partial charge in [-0.15, -0.1) is 0 Å². The standard InChI is InChI=1S/C12H18S2/c1-5-7-11(3)9-13-14-10-12(4)8-6-2/h5-8H,3-4,9-10H2,1-2H3. The summed E-state index contributed by atoms with van der Waals surface area (Å²) in [5.41, 5.74) is 2.34. The second kappa shape index (κ2) is 9.22. The molecule has 0 aliphatic heterocycles. The highest BCUT2D eigenvalue weighted by atomic mass is 33.1. The van der Waals surface area contributed by atoms with E-state index in [1.807, 2.05) is 59.7 Å². The van der Waals surface area contributed by atoms with E-state index >= 15 is 0 Å². The summed E-state index contributed by atoms with van der Waals surface area (Å²) < 4.78 is 0. The van der Waals surface area contributed by atoms with Gasteiger partial charge in [-0.05, 0) is 25.0 Å². The molecule has 0 spiro atoms. The van der Waals surface area contributed by atoms with Gasteiger partial charge in [0.05, 0.1) is 0 Å². The Morgan fingerprint density at radius 2 is 1.29 bits per heavy atom. The summed E-state index contributed by atoms with van der Waals surface area (Å²) in [7, 11) is 3.65. The van der Waals surface area contributed by atoms with Crippen LogP contribution in [0.25, 0.3) is 0 Å². The lowest BCUT2D eigenvalue weighted by Gasteiger charge is -2.00. The summed E-state index contributed by atoms with van der Waals surface area (Å²) in [5.74, 6) is 1.97. The van der Waals surface area contributed by atoms with Gasteiger partial charge < -0.3 is 0 Å². The first kappa shape index (κ1) is 13.7. The molecule has 0 aromatic rings. The molecule has 0 aliphatic carbocycles. The molecule has 2 heteroatoms. The van der Waals surface area contributed by atoms with Crippen molar-refractivity contribution in [2.75, 3.05) is 11.5 Å². The zero-order valence-electron chi connectivity index (χ0n) is 8.95. The maximum atomic E-state index is 3.94. The fourth-order valence-corrected chi connectivity index (χ4v) is 2.87. The van der Waals surface area contributed by atoms with E-state index in [9.17, 15) is 0 Å². The van der Waals surface area contributed by atoms with Crippen molar-refractivity contribution >= 4 is 21.6 Å². The van der Waals surface area contributed by atoms with Crippen molar-refractivity contribution < 1.29 is 0 Å². The molecule has 0 aromatic carbocycles. The Kier molecular flexibility index (Phi) is 9.00. The van der Waals surface area contributed by atoms with E-state index in [1.165, 1.54) is 11.1 Å². The molecule has 0 nitrogen and oxygen atoms in total. The largest absolute Gasteiger partial charge is 0.0950 e. The summed E-state index contributed by atoms with van der Waals surface area (Å²) in [4.78, 5) is 0. The van der Waals surface area contributed by atoms with E-state index in [0.29, 0.717) is 0 Å². The summed E-state index contributed by atoms with van der Waals surface area (Å²) in [5, 5.41) is 0. The Morgan fingerprint density at radius 3 is 1.57 bits per heavy atom. The average Bonchev–Trinajstić information content (AvgIpc) is 2.13. The lowest BCUT2D eigenvalue weighted by atomic mass is 10.3. The molecule has 0 rings (SSSR count). The predicted octanol–water partition coefficient (Wildman–Crippen LogP) is 4.63. The van der Waals surface area contributed by atoms with Crippen LogP contribution in [0.4, 0.5) is 0 Å². The smallest absolute Gasteiger partial charge is 0.0282 e. The molecule has 0 aromatic heterocycles. The summed E-state index contributed by atoms with van der Waals surface area (Å²) in [6.45, 7) is 11.9. The van der Waals surface area contributed by atoms with E-state index in [4.69, 9.17) is 0 Å². The van der Waals surface area contributed by atoms with Gasteiger partial charge in [0, 0.05) is 11.5 Å². The average molecular weight is 226 g/mol. The first-order valence-electron chi connectivity index (χ1n) is 4.56. The van der Waals surface area contributed by atoms with Crippen LogP contribution in [0, 0.1) is 0 Å². The van der Waals surface area contributed by atoms with Crippen LogP contribution in [0.1, 0.15) is 13.8 Å². The molecule has 0 heterocycles. The Balaban J connectivity index is 3.47. The van der Waals surface area contributed by atoms with E-state index in [0.717, 1.165) is 11.5 Å². The quantitative estimate of drug-likeness (QED) is 0.352. The maximum Gasteiger partial charge on any atom is 0.0282 e. The molecule has 0 saturated heterocycles. The van der Waals surface area contributed by atoms with Crippen LogP contribution in [0.3, 0.4) is 0 Å². The molecular weight excluding hydrogens is 208 g/mol. The zero-order chi connectivity index (χ0) is 10.8. The summed E-state index contributed by atoms with van der Waals surface area (Å²) in [6.07, 6.45) is 8.14. The Bertz CT molecular complexity index is 211. The normalized spacial score (nSPS) is 11.3. The van der Waals surface area contributed by atoms with Crippen molar-refractivity contribution in [2.24, 2.45) is 0 Å². The van der Waals surface area contributed by atoms with Gasteiger partial charge in [0.2, 0.25) is 0 Å². The second-order valence-electron chi connectivity index (χ2n) is 2.84. The Morgan fingerprint density at radius 1 is 0.929 bits per heavy atom. The van der Waals surface area contributed by atoms with Gasteiger partial charge >= 0.3 is 0 Å². The Hall–Kier alpha value is -0.340. The number of allylic oxidation sites excluding steroid dienone is 4. The molecule has 0 bridgehead atoms. The molecule has 0 amide bonds. The maximum absolute atomic E-state index is 3.94. The molecule has 0 atom stereocenters. The van der Waals surface area contributed by atoms with Crippen LogP contribution in [0.5, 0.6) is 0 Å². The minimum Gasteiger partial charge on any atom is -0.0950 e. The molecule has 0 unspecified atom stereocenters. The number of hydrogen-bond acceptors (Lipinski definition) is 2. The topological polar surface area (TPSA) is 0 Å². The molecular formula is C12H18S2. The van der Waals surface area contributed by atoms with E-state index in [2.05, 4.69) is 13.2 Å². The van der Waals surface area contributed by atoms with Crippen LogP contribution in [0.2, 0.25) is 0 Å². The van der Waals surface area contributed by atoms with Crippen molar-refractivity contribution in [1.29, 1.82) is 0 Å². The first-order valence-corrected chi connectivity index (χ1v) is 7.04. The molecule has 0 fully saturated rings. The van der Waals surface area contributed by atoms with Crippen LogP contribution in [-0.2, 0) is 0 Å². The predicted molar refractivity (Wildman–Crippen MR) is 72.8 cm³/mol. The van der Waals surface area contributed by atoms with Crippen LogP contribution in [0.15, 0.2) is 48.6 Å². The van der Waals surface area contributed by atoms with Gasteiger partial charge in [0.15, 0.2) is 0 Å². The van der Waals surface area contributed by atoms with Crippen molar-refractivity contribution in [2.45, 2.75) is 13.8 Å². The SMILES string of the molecule is C=C(C=CC)CSSCC(=C)C=CC. The first-order chi connectivity index (χ1) is 6.70. The van der Waals surface area contributed by atoms with Gasteiger partial charge in [-0.2, -0.15) is 0 Å². The molecule has 78 valence electrons. The summed E-state index contributed by atoms with van der Waals surface area (Å²) >= 11 is 0. The van der Waals surface area contributed by atoms with Crippen LogP contribution < -0.4 is 0 Å². The third-order valence-corrected chi connectivity index (χ3v) is 3.73. The van der Waals surface area contributed by atoms with Gasteiger partial charge in [0.25, 0.3) is 0 Å². The van der Waals surface area contributed by atoms with Crippen LogP contribution in [-0.4, -0.2) is 11.5 Å².